The van der Waals surface area contributed by atoms with E-state index in [1.807, 2.05) is 0 Å². The highest BCUT2D eigenvalue weighted by atomic mass is 35.5. The molecule has 98 valence electrons. The van der Waals surface area contributed by atoms with Gasteiger partial charge in [0.25, 0.3) is 5.91 Å². The number of aliphatic hydroxyl groups is 1. The summed E-state index contributed by atoms with van der Waals surface area (Å²) in [4.78, 5) is 23.8. The zero-order valence-corrected chi connectivity index (χ0v) is 10.4. The molecular weight excluding hydrogens is 258 g/mol. The lowest BCUT2D eigenvalue weighted by molar-refractivity contribution is -0.137. The third-order valence-corrected chi connectivity index (χ3v) is 2.60. The van der Waals surface area contributed by atoms with Crippen LogP contribution >= 0.6 is 11.6 Å². The summed E-state index contributed by atoms with van der Waals surface area (Å²) in [5.41, 5.74) is 0.415. The molecular formula is C12H14ClNO4. The molecule has 1 aromatic carbocycles. The van der Waals surface area contributed by atoms with Crippen molar-refractivity contribution in [2.75, 3.05) is 19.7 Å². The summed E-state index contributed by atoms with van der Waals surface area (Å²) in [6.45, 7) is -0.0367. The van der Waals surface area contributed by atoms with Crippen LogP contribution in [0, 0.1) is 0 Å². The second-order valence-electron chi connectivity index (χ2n) is 3.67. The van der Waals surface area contributed by atoms with Gasteiger partial charge in [0.05, 0.1) is 13.0 Å². The standard InChI is InChI=1S/C12H14ClNO4/c13-10-3-1-9(2-4-10)12(18)14(7-8-15)6-5-11(16)17/h1-4,15H,5-8H2,(H,16,17). The molecule has 0 fully saturated rings. The van der Waals surface area contributed by atoms with Crippen molar-refractivity contribution in [3.63, 3.8) is 0 Å². The van der Waals surface area contributed by atoms with Gasteiger partial charge in [0.2, 0.25) is 0 Å². The second kappa shape index (κ2) is 6.98. The summed E-state index contributed by atoms with van der Waals surface area (Å²) in [5, 5.41) is 18.0. The van der Waals surface area contributed by atoms with Gasteiger partial charge in [-0.15, -0.1) is 0 Å². The molecule has 0 atom stereocenters. The highest BCUT2D eigenvalue weighted by Crippen LogP contribution is 2.11. The number of amides is 1. The summed E-state index contributed by atoms with van der Waals surface area (Å²) in [7, 11) is 0. The molecule has 0 heterocycles. The number of hydrogen-bond donors (Lipinski definition) is 2. The minimum absolute atomic E-state index is 0.0668. The van der Waals surface area contributed by atoms with Crippen molar-refractivity contribution in [1.82, 2.24) is 4.90 Å². The quantitative estimate of drug-likeness (QED) is 0.816. The van der Waals surface area contributed by atoms with Crippen LogP contribution in [0.2, 0.25) is 5.02 Å². The molecule has 0 saturated carbocycles. The maximum Gasteiger partial charge on any atom is 0.305 e. The highest BCUT2D eigenvalue weighted by Gasteiger charge is 2.16. The molecule has 5 nitrogen and oxygen atoms in total. The van der Waals surface area contributed by atoms with E-state index in [9.17, 15) is 9.59 Å². The number of rotatable bonds is 6. The average molecular weight is 272 g/mol. The number of aliphatic carboxylic acids is 1. The first kappa shape index (κ1) is 14.5. The molecule has 1 amide bonds. The Kier molecular flexibility index (Phi) is 5.61. The van der Waals surface area contributed by atoms with E-state index in [1.165, 1.54) is 4.90 Å². The Morgan fingerprint density at radius 1 is 1.17 bits per heavy atom. The largest absolute Gasteiger partial charge is 0.481 e. The van der Waals surface area contributed by atoms with Crippen LogP contribution in [0.25, 0.3) is 0 Å². The molecule has 2 N–H and O–H groups in total. The fourth-order valence-corrected chi connectivity index (χ4v) is 1.57. The van der Waals surface area contributed by atoms with Gasteiger partial charge in [-0.25, -0.2) is 0 Å². The number of carbonyl (C=O) groups is 2. The summed E-state index contributed by atoms with van der Waals surface area (Å²) < 4.78 is 0. The first-order valence-corrected chi connectivity index (χ1v) is 5.80. The fraction of sp³-hybridized carbons (Fsp3) is 0.333. The summed E-state index contributed by atoms with van der Waals surface area (Å²) in [5.74, 6) is -1.30. The summed E-state index contributed by atoms with van der Waals surface area (Å²) in [6.07, 6.45) is -0.153. The summed E-state index contributed by atoms with van der Waals surface area (Å²) in [6, 6.07) is 6.30. The molecule has 18 heavy (non-hydrogen) atoms. The van der Waals surface area contributed by atoms with Crippen molar-refractivity contribution in [2.45, 2.75) is 6.42 Å². The van der Waals surface area contributed by atoms with Crippen molar-refractivity contribution in [3.05, 3.63) is 34.9 Å². The lowest BCUT2D eigenvalue weighted by Gasteiger charge is -2.20. The van der Waals surface area contributed by atoms with E-state index in [1.54, 1.807) is 24.3 Å². The van der Waals surface area contributed by atoms with Gasteiger partial charge in [-0.05, 0) is 24.3 Å². The predicted octanol–water partition coefficient (Wildman–Crippen LogP) is 1.25. The molecule has 0 bridgehead atoms. The number of benzene rings is 1. The average Bonchev–Trinajstić information content (AvgIpc) is 2.34. The minimum Gasteiger partial charge on any atom is -0.481 e. The van der Waals surface area contributed by atoms with Crippen molar-refractivity contribution in [2.24, 2.45) is 0 Å². The number of carboxylic acids is 1. The van der Waals surface area contributed by atoms with Gasteiger partial charge >= 0.3 is 5.97 Å². The van der Waals surface area contributed by atoms with Crippen molar-refractivity contribution < 1.29 is 19.8 Å². The zero-order valence-electron chi connectivity index (χ0n) is 9.67. The fourth-order valence-electron chi connectivity index (χ4n) is 1.44. The van der Waals surface area contributed by atoms with Crippen LogP contribution in [-0.4, -0.2) is 46.7 Å². The molecule has 1 rings (SSSR count). The Morgan fingerprint density at radius 3 is 2.28 bits per heavy atom. The Labute approximate surface area is 110 Å². The number of carbonyl (C=O) groups excluding carboxylic acids is 1. The van der Waals surface area contributed by atoms with Crippen molar-refractivity contribution in [3.8, 4) is 0 Å². The van der Waals surface area contributed by atoms with Crippen LogP contribution in [0.3, 0.4) is 0 Å². The van der Waals surface area contributed by atoms with Gasteiger partial charge in [0, 0.05) is 23.7 Å². The normalized spacial score (nSPS) is 10.1. The molecule has 0 radical (unpaired) electrons. The Balaban J connectivity index is 2.75. The molecule has 0 aliphatic rings. The molecule has 1 aromatic rings. The lowest BCUT2D eigenvalue weighted by atomic mass is 10.2. The van der Waals surface area contributed by atoms with Crippen LogP contribution in [0.4, 0.5) is 0 Å². The third kappa shape index (κ3) is 4.35. The van der Waals surface area contributed by atoms with E-state index in [4.69, 9.17) is 21.8 Å². The number of halogens is 1. The van der Waals surface area contributed by atoms with Crippen LogP contribution in [0.15, 0.2) is 24.3 Å². The molecule has 6 heteroatoms. The Hall–Kier alpha value is -1.59. The minimum atomic E-state index is -0.984. The molecule has 0 aliphatic carbocycles. The number of nitrogens with zero attached hydrogens (tertiary/aromatic N) is 1. The maximum atomic E-state index is 12.0. The van der Waals surface area contributed by atoms with Crippen LogP contribution in [0.1, 0.15) is 16.8 Å². The van der Waals surface area contributed by atoms with Gasteiger partial charge in [0.15, 0.2) is 0 Å². The Morgan fingerprint density at radius 2 is 1.78 bits per heavy atom. The van der Waals surface area contributed by atoms with Gasteiger partial charge in [0.1, 0.15) is 0 Å². The highest BCUT2D eigenvalue weighted by molar-refractivity contribution is 6.30. The van der Waals surface area contributed by atoms with E-state index in [-0.39, 0.29) is 32.0 Å². The molecule has 0 saturated heterocycles. The summed E-state index contributed by atoms with van der Waals surface area (Å²) >= 11 is 5.72. The number of hydrogen-bond acceptors (Lipinski definition) is 3. The van der Waals surface area contributed by atoms with Gasteiger partial charge in [-0.1, -0.05) is 11.6 Å². The zero-order chi connectivity index (χ0) is 13.5. The first-order chi connectivity index (χ1) is 8.54. The van der Waals surface area contributed by atoms with Crippen LogP contribution < -0.4 is 0 Å². The van der Waals surface area contributed by atoms with Crippen LogP contribution in [0.5, 0.6) is 0 Å². The molecule has 0 unspecified atom stereocenters. The van der Waals surface area contributed by atoms with Gasteiger partial charge < -0.3 is 15.1 Å². The molecule has 0 aromatic heterocycles. The Bertz CT molecular complexity index is 419. The smallest absolute Gasteiger partial charge is 0.305 e. The monoisotopic (exact) mass is 271 g/mol. The van der Waals surface area contributed by atoms with E-state index in [0.29, 0.717) is 10.6 Å². The van der Waals surface area contributed by atoms with Crippen molar-refractivity contribution >= 4 is 23.5 Å². The SMILES string of the molecule is O=C(O)CCN(CCO)C(=O)c1ccc(Cl)cc1. The topological polar surface area (TPSA) is 77.8 Å². The third-order valence-electron chi connectivity index (χ3n) is 2.34. The number of aliphatic hydroxyl groups excluding tert-OH is 1. The second-order valence-corrected chi connectivity index (χ2v) is 4.10. The predicted molar refractivity (Wildman–Crippen MR) is 66.7 cm³/mol. The lowest BCUT2D eigenvalue weighted by Crippen LogP contribution is -2.35. The van der Waals surface area contributed by atoms with E-state index in [0.717, 1.165) is 0 Å². The first-order valence-electron chi connectivity index (χ1n) is 5.42. The van der Waals surface area contributed by atoms with E-state index >= 15 is 0 Å². The van der Waals surface area contributed by atoms with E-state index < -0.39 is 5.97 Å². The van der Waals surface area contributed by atoms with E-state index in [2.05, 4.69) is 0 Å². The maximum absolute atomic E-state index is 12.0. The number of carboxylic acid groups (broad SMARTS) is 1. The van der Waals surface area contributed by atoms with Gasteiger partial charge in [-0.2, -0.15) is 0 Å². The molecule has 0 spiro atoms. The van der Waals surface area contributed by atoms with Crippen molar-refractivity contribution in [1.29, 1.82) is 0 Å². The van der Waals surface area contributed by atoms with Crippen LogP contribution in [-0.2, 0) is 4.79 Å². The van der Waals surface area contributed by atoms with Gasteiger partial charge in [-0.3, -0.25) is 9.59 Å². The molecule has 0 aliphatic heterocycles.